The molecule has 0 aliphatic heterocycles. The molecule has 0 aromatic rings. The fourth-order valence-corrected chi connectivity index (χ4v) is 1.11. The minimum absolute atomic E-state index is 0.0544. The van der Waals surface area contributed by atoms with Gasteiger partial charge in [0, 0.05) is 19.5 Å². The Morgan fingerprint density at radius 3 is 2.55 bits per heavy atom. The third kappa shape index (κ3) is 5.85. The van der Waals surface area contributed by atoms with Crippen LogP contribution in [0.3, 0.4) is 0 Å². The number of nitrogens with one attached hydrogen (secondary N) is 2. The zero-order valence-corrected chi connectivity index (χ0v) is 7.61. The molecule has 1 amide bonds. The first kappa shape index (κ1) is 10.4. The largest absolute Gasteiger partial charge is 0.352 e. The van der Waals surface area contributed by atoms with Crippen LogP contribution in [0.2, 0.25) is 0 Å². The first-order chi connectivity index (χ1) is 5.20. The summed E-state index contributed by atoms with van der Waals surface area (Å²) in [6, 6.07) is 0.294. The maximum absolute atomic E-state index is 10.7. The Morgan fingerprint density at radius 2 is 2.18 bits per heavy atom. The van der Waals surface area contributed by atoms with Crippen molar-refractivity contribution in [1.29, 1.82) is 0 Å². The van der Waals surface area contributed by atoms with Crippen LogP contribution in [0.25, 0.3) is 0 Å². The summed E-state index contributed by atoms with van der Waals surface area (Å²) in [5, 5.41) is 5.92. The van der Waals surface area contributed by atoms with Gasteiger partial charge in [-0.3, -0.25) is 4.79 Å². The summed E-state index contributed by atoms with van der Waals surface area (Å²) >= 11 is 0. The summed E-state index contributed by atoms with van der Waals surface area (Å²) in [4.78, 5) is 10.7. The first-order valence-corrected chi connectivity index (χ1v) is 4.12. The van der Waals surface area contributed by atoms with E-state index in [1.807, 2.05) is 7.05 Å². The van der Waals surface area contributed by atoms with Crippen molar-refractivity contribution >= 4 is 5.91 Å². The average molecular weight is 158 g/mol. The predicted octanol–water partition coefficient (Wildman–Crippen LogP) is 0.511. The van der Waals surface area contributed by atoms with Crippen LogP contribution in [0, 0.1) is 0 Å². The van der Waals surface area contributed by atoms with Crippen LogP contribution in [0.1, 0.15) is 26.7 Å². The Labute approximate surface area is 68.6 Å². The monoisotopic (exact) mass is 158 g/mol. The van der Waals surface area contributed by atoms with Gasteiger partial charge in [0.15, 0.2) is 0 Å². The lowest BCUT2D eigenvalue weighted by Gasteiger charge is -2.15. The number of hydrogen-bond donors (Lipinski definition) is 2. The van der Waals surface area contributed by atoms with E-state index in [2.05, 4.69) is 17.6 Å². The molecule has 0 bridgehead atoms. The van der Waals surface area contributed by atoms with Gasteiger partial charge in [-0.2, -0.15) is 0 Å². The molecule has 0 fully saturated rings. The molecule has 0 heterocycles. The zero-order valence-electron chi connectivity index (χ0n) is 7.61. The van der Waals surface area contributed by atoms with Crippen LogP contribution >= 0.6 is 0 Å². The highest BCUT2D eigenvalue weighted by Gasteiger charge is 2.05. The molecule has 0 aromatic carbocycles. The fourth-order valence-electron chi connectivity index (χ4n) is 1.11. The molecule has 0 aliphatic carbocycles. The van der Waals surface area contributed by atoms with Crippen molar-refractivity contribution in [3.05, 3.63) is 0 Å². The zero-order chi connectivity index (χ0) is 8.69. The summed E-state index contributed by atoms with van der Waals surface area (Å²) in [6.07, 6.45) is 2.15. The van der Waals surface area contributed by atoms with Gasteiger partial charge in [-0.05, 0) is 13.5 Å². The van der Waals surface area contributed by atoms with Gasteiger partial charge in [0.1, 0.15) is 0 Å². The first-order valence-electron chi connectivity index (χ1n) is 4.12. The lowest BCUT2D eigenvalue weighted by Crippen LogP contribution is -2.39. The average Bonchev–Trinajstić information content (AvgIpc) is 1.87. The van der Waals surface area contributed by atoms with E-state index in [4.69, 9.17) is 0 Å². The highest BCUT2D eigenvalue weighted by Crippen LogP contribution is 1.94. The van der Waals surface area contributed by atoms with E-state index in [0.29, 0.717) is 6.04 Å². The number of amides is 1. The van der Waals surface area contributed by atoms with E-state index in [0.717, 1.165) is 19.4 Å². The van der Waals surface area contributed by atoms with E-state index in [-0.39, 0.29) is 5.91 Å². The van der Waals surface area contributed by atoms with Gasteiger partial charge in [-0.15, -0.1) is 0 Å². The standard InChI is InChI=1S/C8H18N2O/c1-4-5-8(6-9-3)10-7(2)11/h8-9H,4-6H2,1-3H3,(H,10,11). The van der Waals surface area contributed by atoms with Crippen molar-refractivity contribution in [2.24, 2.45) is 0 Å². The highest BCUT2D eigenvalue weighted by atomic mass is 16.1. The highest BCUT2D eigenvalue weighted by molar-refractivity contribution is 5.73. The molecule has 1 atom stereocenters. The van der Waals surface area contributed by atoms with Gasteiger partial charge in [0.2, 0.25) is 5.91 Å². The van der Waals surface area contributed by atoms with Crippen LogP contribution in [-0.4, -0.2) is 25.5 Å². The number of rotatable bonds is 5. The van der Waals surface area contributed by atoms with E-state index < -0.39 is 0 Å². The topological polar surface area (TPSA) is 41.1 Å². The Balaban J connectivity index is 3.59. The molecular formula is C8H18N2O. The summed E-state index contributed by atoms with van der Waals surface area (Å²) < 4.78 is 0. The van der Waals surface area contributed by atoms with Gasteiger partial charge >= 0.3 is 0 Å². The van der Waals surface area contributed by atoms with E-state index in [9.17, 15) is 4.79 Å². The lowest BCUT2D eigenvalue weighted by molar-refractivity contribution is -0.119. The minimum atomic E-state index is 0.0544. The third-order valence-corrected chi connectivity index (χ3v) is 1.50. The van der Waals surface area contributed by atoms with Gasteiger partial charge in [0.05, 0.1) is 0 Å². The molecule has 2 N–H and O–H groups in total. The molecule has 3 heteroatoms. The quantitative estimate of drug-likeness (QED) is 0.612. The Morgan fingerprint density at radius 1 is 1.55 bits per heavy atom. The summed E-state index contributed by atoms with van der Waals surface area (Å²) in [7, 11) is 1.89. The van der Waals surface area contributed by atoms with Crippen molar-refractivity contribution < 1.29 is 4.79 Å². The molecule has 0 aromatic heterocycles. The maximum Gasteiger partial charge on any atom is 0.217 e. The fraction of sp³-hybridized carbons (Fsp3) is 0.875. The van der Waals surface area contributed by atoms with Crippen LogP contribution in [0.15, 0.2) is 0 Å². The van der Waals surface area contributed by atoms with E-state index in [1.54, 1.807) is 6.92 Å². The lowest BCUT2D eigenvalue weighted by atomic mass is 10.1. The SMILES string of the molecule is CCCC(CNC)NC(C)=O. The second kappa shape index (κ2) is 6.16. The van der Waals surface area contributed by atoms with Crippen LogP contribution in [0.4, 0.5) is 0 Å². The molecular weight excluding hydrogens is 140 g/mol. The Bertz CT molecular complexity index is 109. The van der Waals surface area contributed by atoms with Gasteiger partial charge in [-0.25, -0.2) is 0 Å². The molecule has 0 saturated heterocycles. The third-order valence-electron chi connectivity index (χ3n) is 1.50. The molecule has 0 aliphatic rings. The molecule has 1 unspecified atom stereocenters. The van der Waals surface area contributed by atoms with Crippen molar-refractivity contribution in [3.8, 4) is 0 Å². The second-order valence-electron chi connectivity index (χ2n) is 2.74. The summed E-state index contributed by atoms with van der Waals surface area (Å²) in [5.74, 6) is 0.0544. The number of hydrogen-bond acceptors (Lipinski definition) is 2. The van der Waals surface area contributed by atoms with E-state index >= 15 is 0 Å². The summed E-state index contributed by atoms with van der Waals surface area (Å²) in [5.41, 5.74) is 0. The smallest absolute Gasteiger partial charge is 0.217 e. The molecule has 0 saturated carbocycles. The van der Waals surface area contributed by atoms with E-state index in [1.165, 1.54) is 0 Å². The van der Waals surface area contributed by atoms with Crippen LogP contribution in [-0.2, 0) is 4.79 Å². The van der Waals surface area contributed by atoms with Gasteiger partial charge in [0.25, 0.3) is 0 Å². The van der Waals surface area contributed by atoms with Gasteiger partial charge in [-0.1, -0.05) is 13.3 Å². The maximum atomic E-state index is 10.7. The molecule has 0 spiro atoms. The molecule has 3 nitrogen and oxygen atoms in total. The normalized spacial score (nSPS) is 12.6. The number of carbonyl (C=O) groups is 1. The molecule has 66 valence electrons. The molecule has 0 radical (unpaired) electrons. The van der Waals surface area contributed by atoms with Gasteiger partial charge < -0.3 is 10.6 Å². The number of likely N-dealkylation sites (N-methyl/N-ethyl adjacent to an activating group) is 1. The van der Waals surface area contributed by atoms with Crippen molar-refractivity contribution in [3.63, 3.8) is 0 Å². The molecule has 11 heavy (non-hydrogen) atoms. The Hall–Kier alpha value is -0.570. The minimum Gasteiger partial charge on any atom is -0.352 e. The van der Waals surface area contributed by atoms with Crippen molar-refractivity contribution in [2.75, 3.05) is 13.6 Å². The molecule has 0 rings (SSSR count). The van der Waals surface area contributed by atoms with Crippen LogP contribution < -0.4 is 10.6 Å². The van der Waals surface area contributed by atoms with Crippen LogP contribution in [0.5, 0.6) is 0 Å². The predicted molar refractivity (Wildman–Crippen MR) is 46.4 cm³/mol. The van der Waals surface area contributed by atoms with Crippen molar-refractivity contribution in [1.82, 2.24) is 10.6 Å². The van der Waals surface area contributed by atoms with Crippen molar-refractivity contribution in [2.45, 2.75) is 32.7 Å². The number of carbonyl (C=O) groups excluding carboxylic acids is 1. The second-order valence-corrected chi connectivity index (χ2v) is 2.74. The summed E-state index contributed by atoms with van der Waals surface area (Å²) in [6.45, 7) is 4.52. The Kier molecular flexibility index (Phi) is 5.84.